The van der Waals surface area contributed by atoms with Crippen molar-refractivity contribution in [2.24, 2.45) is 5.73 Å². The van der Waals surface area contributed by atoms with Crippen molar-refractivity contribution in [3.8, 4) is 0 Å². The maximum Gasteiger partial charge on any atom is 0.241 e. The van der Waals surface area contributed by atoms with Crippen LogP contribution in [0.15, 0.2) is 11.6 Å². The van der Waals surface area contributed by atoms with Gasteiger partial charge < -0.3 is 16.0 Å². The Hall–Kier alpha value is -1.14. The highest BCUT2D eigenvalue weighted by Crippen LogP contribution is 2.20. The number of primary amides is 1. The van der Waals surface area contributed by atoms with Gasteiger partial charge in [-0.25, -0.2) is 4.98 Å². The summed E-state index contributed by atoms with van der Waals surface area (Å²) in [6.45, 7) is 2.25. The number of nitrogens with zero attached hydrogens (tertiary/aromatic N) is 2. The number of nitrogens with two attached hydrogens (primary N) is 1. The van der Waals surface area contributed by atoms with Crippen LogP contribution in [0.2, 0.25) is 0 Å². The molecule has 1 aromatic rings. The first-order chi connectivity index (χ1) is 6.79. The smallest absolute Gasteiger partial charge is 0.241 e. The molecule has 3 N–H and O–H groups in total. The number of hydrogen-bond donors (Lipinski definition) is 2. The Balaban J connectivity index is 2.18. The van der Waals surface area contributed by atoms with Gasteiger partial charge >= 0.3 is 0 Å². The van der Waals surface area contributed by atoms with Crippen molar-refractivity contribution in [2.45, 2.75) is 6.04 Å². The molecule has 1 amide bonds. The topological polar surface area (TPSA) is 71.2 Å². The summed E-state index contributed by atoms with van der Waals surface area (Å²) in [5.41, 5.74) is 5.32. The van der Waals surface area contributed by atoms with E-state index in [9.17, 15) is 4.79 Å². The molecule has 5 nitrogen and oxygen atoms in total. The van der Waals surface area contributed by atoms with Gasteiger partial charge in [0.25, 0.3) is 0 Å². The van der Waals surface area contributed by atoms with Crippen LogP contribution in [0.5, 0.6) is 0 Å². The number of rotatable bonds is 2. The van der Waals surface area contributed by atoms with Crippen LogP contribution in [-0.2, 0) is 4.79 Å². The summed E-state index contributed by atoms with van der Waals surface area (Å²) < 4.78 is 0. The molecule has 0 saturated carbocycles. The Bertz CT molecular complexity index is 313. The molecule has 0 aliphatic carbocycles. The molecule has 2 rings (SSSR count). The summed E-state index contributed by atoms with van der Waals surface area (Å²) >= 11 is 1.53. The van der Waals surface area contributed by atoms with Crippen molar-refractivity contribution in [1.29, 1.82) is 0 Å². The molecule has 0 aromatic carbocycles. The molecule has 76 valence electrons. The molecule has 1 aromatic heterocycles. The van der Waals surface area contributed by atoms with E-state index >= 15 is 0 Å². The fraction of sp³-hybridized carbons (Fsp3) is 0.500. The van der Waals surface area contributed by atoms with E-state index in [0.29, 0.717) is 6.54 Å². The van der Waals surface area contributed by atoms with Crippen molar-refractivity contribution < 1.29 is 4.79 Å². The Labute approximate surface area is 85.9 Å². The van der Waals surface area contributed by atoms with E-state index in [1.807, 2.05) is 10.3 Å². The average molecular weight is 212 g/mol. The van der Waals surface area contributed by atoms with E-state index in [-0.39, 0.29) is 11.9 Å². The fourth-order valence-corrected chi connectivity index (χ4v) is 2.26. The van der Waals surface area contributed by atoms with Crippen LogP contribution in [0.4, 0.5) is 5.13 Å². The first kappa shape index (κ1) is 9.42. The van der Waals surface area contributed by atoms with Crippen LogP contribution in [0.3, 0.4) is 0 Å². The summed E-state index contributed by atoms with van der Waals surface area (Å²) in [4.78, 5) is 17.3. The first-order valence-electron chi connectivity index (χ1n) is 4.45. The Morgan fingerprint density at radius 2 is 2.64 bits per heavy atom. The highest BCUT2D eigenvalue weighted by molar-refractivity contribution is 7.13. The lowest BCUT2D eigenvalue weighted by molar-refractivity contribution is -0.119. The molecular formula is C8H12N4OS. The highest BCUT2D eigenvalue weighted by atomic mass is 32.1. The zero-order valence-corrected chi connectivity index (χ0v) is 8.46. The Morgan fingerprint density at radius 3 is 3.29 bits per heavy atom. The minimum Gasteiger partial charge on any atom is -0.368 e. The molecule has 0 spiro atoms. The lowest BCUT2D eigenvalue weighted by atomic mass is 10.2. The average Bonchev–Trinajstić information content (AvgIpc) is 2.70. The summed E-state index contributed by atoms with van der Waals surface area (Å²) in [5.74, 6) is -0.299. The Morgan fingerprint density at radius 1 is 1.79 bits per heavy atom. The van der Waals surface area contributed by atoms with E-state index in [0.717, 1.165) is 18.2 Å². The minimum absolute atomic E-state index is 0.269. The van der Waals surface area contributed by atoms with Crippen LogP contribution in [0.25, 0.3) is 0 Å². The van der Waals surface area contributed by atoms with Gasteiger partial charge in [-0.3, -0.25) is 4.79 Å². The van der Waals surface area contributed by atoms with Gasteiger partial charge in [0, 0.05) is 31.2 Å². The Kier molecular flexibility index (Phi) is 2.64. The van der Waals surface area contributed by atoms with Gasteiger partial charge in [0.05, 0.1) is 0 Å². The number of hydrogen-bond acceptors (Lipinski definition) is 5. The zero-order valence-electron chi connectivity index (χ0n) is 7.64. The summed E-state index contributed by atoms with van der Waals surface area (Å²) in [7, 11) is 0. The number of amides is 1. The monoisotopic (exact) mass is 212 g/mol. The van der Waals surface area contributed by atoms with Crippen LogP contribution in [-0.4, -0.2) is 36.6 Å². The lowest BCUT2D eigenvalue weighted by Gasteiger charge is -2.33. The first-order valence-corrected chi connectivity index (χ1v) is 5.33. The van der Waals surface area contributed by atoms with E-state index in [2.05, 4.69) is 10.3 Å². The second-order valence-corrected chi connectivity index (χ2v) is 4.00. The van der Waals surface area contributed by atoms with Gasteiger partial charge in [-0.05, 0) is 0 Å². The number of piperazine rings is 1. The zero-order chi connectivity index (χ0) is 9.97. The van der Waals surface area contributed by atoms with Crippen molar-refractivity contribution >= 4 is 22.4 Å². The van der Waals surface area contributed by atoms with Gasteiger partial charge in [0.2, 0.25) is 5.91 Å². The second kappa shape index (κ2) is 3.93. The summed E-state index contributed by atoms with van der Waals surface area (Å²) in [5, 5.41) is 5.91. The van der Waals surface area contributed by atoms with Crippen LogP contribution in [0, 0.1) is 0 Å². The molecule has 1 aliphatic rings. The standard InChI is InChI=1S/C8H12N4OS/c9-7(13)6-5-10-1-3-12(6)8-11-2-4-14-8/h2,4,6,10H,1,3,5H2,(H2,9,13). The molecule has 1 atom stereocenters. The minimum atomic E-state index is -0.299. The number of anilines is 1. The van der Waals surface area contributed by atoms with Crippen molar-refractivity contribution in [2.75, 3.05) is 24.5 Å². The normalized spacial score (nSPS) is 22.3. The second-order valence-electron chi connectivity index (χ2n) is 3.13. The van der Waals surface area contributed by atoms with Crippen LogP contribution >= 0.6 is 11.3 Å². The van der Waals surface area contributed by atoms with Gasteiger partial charge in [-0.2, -0.15) is 0 Å². The molecule has 1 aliphatic heterocycles. The van der Waals surface area contributed by atoms with Gasteiger partial charge in [0.15, 0.2) is 5.13 Å². The number of nitrogens with one attached hydrogen (secondary N) is 1. The third-order valence-electron chi connectivity index (χ3n) is 2.24. The SMILES string of the molecule is NC(=O)C1CNCCN1c1nccs1. The molecule has 1 unspecified atom stereocenters. The van der Waals surface area contributed by atoms with Crippen molar-refractivity contribution in [1.82, 2.24) is 10.3 Å². The van der Waals surface area contributed by atoms with E-state index in [4.69, 9.17) is 5.73 Å². The van der Waals surface area contributed by atoms with Crippen molar-refractivity contribution in [3.05, 3.63) is 11.6 Å². The molecule has 1 saturated heterocycles. The maximum atomic E-state index is 11.2. The third-order valence-corrected chi connectivity index (χ3v) is 3.05. The summed E-state index contributed by atoms with van der Waals surface area (Å²) in [6, 6.07) is -0.269. The quantitative estimate of drug-likeness (QED) is 0.687. The van der Waals surface area contributed by atoms with Gasteiger partial charge in [-0.15, -0.1) is 11.3 Å². The van der Waals surface area contributed by atoms with Gasteiger partial charge in [0.1, 0.15) is 6.04 Å². The number of carbonyl (C=O) groups is 1. The number of thiazole rings is 1. The molecule has 2 heterocycles. The maximum absolute atomic E-state index is 11.2. The van der Waals surface area contributed by atoms with E-state index < -0.39 is 0 Å². The van der Waals surface area contributed by atoms with Gasteiger partial charge in [-0.1, -0.05) is 0 Å². The van der Waals surface area contributed by atoms with E-state index in [1.165, 1.54) is 11.3 Å². The van der Waals surface area contributed by atoms with Crippen LogP contribution in [0.1, 0.15) is 0 Å². The molecule has 1 fully saturated rings. The molecule has 14 heavy (non-hydrogen) atoms. The molecular weight excluding hydrogens is 200 g/mol. The highest BCUT2D eigenvalue weighted by Gasteiger charge is 2.28. The molecule has 0 bridgehead atoms. The van der Waals surface area contributed by atoms with E-state index in [1.54, 1.807) is 6.20 Å². The fourth-order valence-electron chi connectivity index (χ4n) is 1.55. The largest absolute Gasteiger partial charge is 0.368 e. The van der Waals surface area contributed by atoms with Crippen molar-refractivity contribution in [3.63, 3.8) is 0 Å². The lowest BCUT2D eigenvalue weighted by Crippen LogP contribution is -2.57. The number of aromatic nitrogens is 1. The summed E-state index contributed by atoms with van der Waals surface area (Å²) in [6.07, 6.45) is 1.74. The number of carbonyl (C=O) groups excluding carboxylic acids is 1. The molecule has 6 heteroatoms. The third kappa shape index (κ3) is 1.71. The molecule has 0 radical (unpaired) electrons. The predicted octanol–water partition coefficient (Wildman–Crippen LogP) is -0.593. The predicted molar refractivity (Wildman–Crippen MR) is 55.3 cm³/mol. The van der Waals surface area contributed by atoms with Crippen LogP contribution < -0.4 is 16.0 Å².